The van der Waals surface area contributed by atoms with Crippen LogP contribution in [0.5, 0.6) is 0 Å². The van der Waals surface area contributed by atoms with Crippen molar-refractivity contribution in [3.8, 4) is 0 Å². The Labute approximate surface area is 48.3 Å². The topological polar surface area (TPSA) is 29.9 Å². The lowest BCUT2D eigenvalue weighted by Crippen LogP contribution is -1.95. The monoisotopic (exact) mass is 109 g/mol. The lowest BCUT2D eigenvalue weighted by molar-refractivity contribution is 0.776. The summed E-state index contributed by atoms with van der Waals surface area (Å²) in [5.74, 6) is 0.810. The lowest BCUT2D eigenvalue weighted by atomic mass is 10.6. The maximum absolute atomic E-state index is 5.08. The summed E-state index contributed by atoms with van der Waals surface area (Å²) in [7, 11) is 6.90. The summed E-state index contributed by atoms with van der Waals surface area (Å²) in [6.45, 7) is 0. The van der Waals surface area contributed by atoms with Crippen LogP contribution in [0.4, 0.5) is 5.82 Å². The van der Waals surface area contributed by atoms with Crippen LogP contribution in [0.2, 0.25) is 0 Å². The van der Waals surface area contributed by atoms with Gasteiger partial charge in [0.15, 0.2) is 0 Å². The molecule has 1 rings (SSSR count). The first-order valence-electron chi connectivity index (χ1n) is 2.29. The molecule has 0 aliphatic heterocycles. The zero-order valence-electron chi connectivity index (χ0n) is 4.63. The molecule has 0 spiro atoms. The average molecular weight is 109 g/mol. The summed E-state index contributed by atoms with van der Waals surface area (Å²) in [6.07, 6.45) is 1.68. The van der Waals surface area contributed by atoms with Crippen molar-refractivity contribution in [2.45, 2.75) is 0 Å². The summed E-state index contributed by atoms with van der Waals surface area (Å²) in [5.41, 5.74) is 0. The molecule has 0 aliphatic carbocycles. The number of nitrogens with zero attached hydrogens (tertiary/aromatic N) is 2. The van der Waals surface area contributed by atoms with Gasteiger partial charge >= 0.3 is 0 Å². The Kier molecular flexibility index (Phi) is 1.20. The molecule has 1 N–H and O–H groups in total. The zero-order valence-corrected chi connectivity index (χ0v) is 4.63. The molecule has 0 unspecified atom stereocenters. The molecule has 2 radical (unpaired) electrons. The Morgan fingerprint density at radius 1 is 1.88 bits per heavy atom. The highest BCUT2D eigenvalue weighted by Crippen LogP contribution is 1.99. The molecule has 1 aromatic heterocycles. The van der Waals surface area contributed by atoms with Crippen LogP contribution in [0.15, 0.2) is 12.3 Å². The Morgan fingerprint density at radius 3 is 2.88 bits per heavy atom. The average Bonchev–Trinajstić information content (AvgIpc) is 2.14. The Bertz CT molecular complexity index is 168. The van der Waals surface area contributed by atoms with E-state index in [1.54, 1.807) is 16.9 Å². The number of hydrogen-bond acceptors (Lipinski definition) is 2. The van der Waals surface area contributed by atoms with E-state index < -0.39 is 0 Å². The summed E-state index contributed by atoms with van der Waals surface area (Å²) in [6, 6.07) is 1.79. The van der Waals surface area contributed by atoms with Gasteiger partial charge in [0, 0.05) is 13.1 Å². The van der Waals surface area contributed by atoms with Crippen molar-refractivity contribution in [3.63, 3.8) is 0 Å². The van der Waals surface area contributed by atoms with Crippen LogP contribution < -0.4 is 5.32 Å². The van der Waals surface area contributed by atoms with Gasteiger partial charge in [-0.3, -0.25) is 4.68 Å². The van der Waals surface area contributed by atoms with Crippen LogP contribution in [-0.4, -0.2) is 9.78 Å². The highest BCUT2D eigenvalue weighted by Gasteiger charge is 1.89. The smallest absolute Gasteiger partial charge is 0.124 e. The van der Waals surface area contributed by atoms with Crippen LogP contribution in [0.1, 0.15) is 0 Å². The van der Waals surface area contributed by atoms with Crippen molar-refractivity contribution in [3.05, 3.63) is 19.3 Å². The van der Waals surface area contributed by atoms with Gasteiger partial charge in [0.05, 0.1) is 13.2 Å². The van der Waals surface area contributed by atoms with E-state index in [4.69, 9.17) is 7.05 Å². The minimum atomic E-state index is 0.810. The fraction of sp³-hybridized carbons (Fsp3) is 0.200. The molecule has 0 fully saturated rings. The molecule has 8 heavy (non-hydrogen) atoms. The molecular formula is C5H7N3. The van der Waals surface area contributed by atoms with Crippen LogP contribution in [0.3, 0.4) is 0 Å². The lowest BCUT2D eigenvalue weighted by Gasteiger charge is -1.95. The predicted octanol–water partition coefficient (Wildman–Crippen LogP) is 0.501. The molecule has 3 heteroatoms. The second-order valence-corrected chi connectivity index (χ2v) is 1.48. The van der Waals surface area contributed by atoms with Gasteiger partial charge in [-0.05, 0) is 0 Å². The maximum atomic E-state index is 5.08. The number of rotatable bonds is 1. The SMILES string of the molecule is [CH]Nc1ccnn1C. The molecule has 0 saturated carbocycles. The van der Waals surface area contributed by atoms with Crippen molar-refractivity contribution in [2.75, 3.05) is 5.32 Å². The number of nitrogens with one attached hydrogen (secondary N) is 1. The van der Waals surface area contributed by atoms with Crippen molar-refractivity contribution in [2.24, 2.45) is 7.05 Å². The molecule has 42 valence electrons. The van der Waals surface area contributed by atoms with Crippen molar-refractivity contribution >= 4 is 5.82 Å². The molecule has 0 amide bonds. The fourth-order valence-electron chi connectivity index (χ4n) is 0.516. The molecule has 0 aliphatic rings. The van der Waals surface area contributed by atoms with Crippen molar-refractivity contribution in [1.29, 1.82) is 0 Å². The molecule has 3 nitrogen and oxygen atoms in total. The zero-order chi connectivity index (χ0) is 5.98. The van der Waals surface area contributed by atoms with E-state index in [0.29, 0.717) is 0 Å². The number of aromatic nitrogens is 2. The van der Waals surface area contributed by atoms with E-state index in [1.807, 2.05) is 7.05 Å². The second kappa shape index (κ2) is 1.86. The van der Waals surface area contributed by atoms with Gasteiger partial charge in [0.1, 0.15) is 5.82 Å². The molecule has 1 aromatic rings. The summed E-state index contributed by atoms with van der Waals surface area (Å²) >= 11 is 0. The molecular weight excluding hydrogens is 102 g/mol. The first-order chi connectivity index (χ1) is 3.84. The van der Waals surface area contributed by atoms with Gasteiger partial charge in [-0.2, -0.15) is 5.10 Å². The van der Waals surface area contributed by atoms with E-state index in [9.17, 15) is 0 Å². The number of hydrogen-bond donors (Lipinski definition) is 1. The molecule has 0 saturated heterocycles. The van der Waals surface area contributed by atoms with Crippen LogP contribution in [-0.2, 0) is 7.05 Å². The Hall–Kier alpha value is -0.990. The third-order valence-corrected chi connectivity index (χ3v) is 0.969. The summed E-state index contributed by atoms with van der Waals surface area (Å²) in [5, 5.41) is 6.34. The van der Waals surface area contributed by atoms with Gasteiger partial charge in [-0.15, -0.1) is 0 Å². The van der Waals surface area contributed by atoms with E-state index in [-0.39, 0.29) is 0 Å². The van der Waals surface area contributed by atoms with E-state index >= 15 is 0 Å². The maximum Gasteiger partial charge on any atom is 0.124 e. The molecule has 0 atom stereocenters. The largest absolute Gasteiger partial charge is 0.363 e. The first-order valence-corrected chi connectivity index (χ1v) is 2.29. The van der Waals surface area contributed by atoms with E-state index in [1.165, 1.54) is 0 Å². The van der Waals surface area contributed by atoms with Crippen molar-refractivity contribution < 1.29 is 0 Å². The van der Waals surface area contributed by atoms with Crippen LogP contribution >= 0.6 is 0 Å². The minimum Gasteiger partial charge on any atom is -0.363 e. The molecule has 0 bridgehead atoms. The van der Waals surface area contributed by atoms with Gasteiger partial charge in [0.2, 0.25) is 0 Å². The summed E-state index contributed by atoms with van der Waals surface area (Å²) < 4.78 is 1.65. The van der Waals surface area contributed by atoms with Gasteiger partial charge in [-0.25, -0.2) is 0 Å². The standard InChI is InChI=1S/C5H7N3/c1-6-5-3-4-7-8(5)2/h1,3-4,6H,2H3. The van der Waals surface area contributed by atoms with Gasteiger partial charge in [0.25, 0.3) is 0 Å². The van der Waals surface area contributed by atoms with Crippen LogP contribution in [0, 0.1) is 7.05 Å². The van der Waals surface area contributed by atoms with Gasteiger partial charge in [-0.1, -0.05) is 0 Å². The van der Waals surface area contributed by atoms with Crippen molar-refractivity contribution in [1.82, 2.24) is 9.78 Å². The Morgan fingerprint density at radius 2 is 2.62 bits per heavy atom. The van der Waals surface area contributed by atoms with Gasteiger partial charge < -0.3 is 5.32 Å². The van der Waals surface area contributed by atoms with Crippen LogP contribution in [0.25, 0.3) is 0 Å². The second-order valence-electron chi connectivity index (χ2n) is 1.48. The van der Waals surface area contributed by atoms with E-state index in [2.05, 4.69) is 10.4 Å². The summed E-state index contributed by atoms with van der Waals surface area (Å²) in [4.78, 5) is 0. The highest BCUT2D eigenvalue weighted by atomic mass is 15.3. The molecule has 0 aromatic carbocycles. The minimum absolute atomic E-state index is 0.810. The Balaban J connectivity index is 2.92. The number of aryl methyl sites for hydroxylation is 1. The fourth-order valence-corrected chi connectivity index (χ4v) is 0.516. The predicted molar refractivity (Wildman–Crippen MR) is 31.1 cm³/mol. The quantitative estimate of drug-likeness (QED) is 0.532. The normalized spacial score (nSPS) is 9.25. The molecule has 1 heterocycles. The van der Waals surface area contributed by atoms with E-state index in [0.717, 1.165) is 5.82 Å². The highest BCUT2D eigenvalue weighted by molar-refractivity contribution is 5.33. The number of anilines is 1. The third kappa shape index (κ3) is 0.665. The third-order valence-electron chi connectivity index (χ3n) is 0.969. The first kappa shape index (κ1) is 5.15.